The van der Waals surface area contributed by atoms with E-state index in [0.717, 1.165) is 5.75 Å². The van der Waals surface area contributed by atoms with E-state index < -0.39 is 9.84 Å². The van der Waals surface area contributed by atoms with Gasteiger partial charge in [-0.1, -0.05) is 6.92 Å². The summed E-state index contributed by atoms with van der Waals surface area (Å²) in [5.41, 5.74) is 0.698. The Morgan fingerprint density at radius 2 is 1.95 bits per heavy atom. The van der Waals surface area contributed by atoms with Crippen LogP contribution in [0.1, 0.15) is 6.92 Å². The standard InChI is InChI=1S/C14H21NO4S2/c1-11(10-20-2)14(16)15-12-4-6-13(7-5-12)19-8-9-21(3,17)18/h4-7,11H,8-10H2,1-3H3,(H,15,16). The molecule has 1 unspecified atom stereocenters. The summed E-state index contributed by atoms with van der Waals surface area (Å²) in [5, 5.41) is 2.83. The van der Waals surface area contributed by atoms with Gasteiger partial charge in [-0.05, 0) is 30.5 Å². The van der Waals surface area contributed by atoms with E-state index in [4.69, 9.17) is 4.74 Å². The third-order valence-corrected chi connectivity index (χ3v) is 4.45. The number of carbonyl (C=O) groups excluding carboxylic acids is 1. The number of sulfone groups is 1. The van der Waals surface area contributed by atoms with Crippen LogP contribution in [0.25, 0.3) is 0 Å². The number of hydrogen-bond donors (Lipinski definition) is 1. The molecule has 118 valence electrons. The normalized spacial score (nSPS) is 12.7. The first-order valence-electron chi connectivity index (χ1n) is 6.52. The second kappa shape index (κ2) is 8.29. The first-order chi connectivity index (χ1) is 9.81. The summed E-state index contributed by atoms with van der Waals surface area (Å²) in [5.74, 6) is 1.27. The van der Waals surface area contributed by atoms with E-state index in [-0.39, 0.29) is 24.2 Å². The Labute approximate surface area is 130 Å². The van der Waals surface area contributed by atoms with Gasteiger partial charge in [0.2, 0.25) is 5.91 Å². The topological polar surface area (TPSA) is 72.5 Å². The lowest BCUT2D eigenvalue weighted by atomic mass is 10.2. The SMILES string of the molecule is CSCC(C)C(=O)Nc1ccc(OCCS(C)(=O)=O)cc1. The molecular weight excluding hydrogens is 310 g/mol. The van der Waals surface area contributed by atoms with E-state index in [1.54, 1.807) is 36.0 Å². The zero-order valence-electron chi connectivity index (χ0n) is 12.5. The maximum absolute atomic E-state index is 11.8. The van der Waals surface area contributed by atoms with Crippen LogP contribution in [0.3, 0.4) is 0 Å². The van der Waals surface area contributed by atoms with Gasteiger partial charge in [-0.25, -0.2) is 8.42 Å². The Bertz CT molecular complexity index is 555. The highest BCUT2D eigenvalue weighted by Crippen LogP contribution is 2.17. The van der Waals surface area contributed by atoms with Crippen molar-refractivity contribution in [2.75, 3.05) is 35.9 Å². The van der Waals surface area contributed by atoms with Crippen molar-refractivity contribution in [3.8, 4) is 5.75 Å². The average Bonchev–Trinajstić information content (AvgIpc) is 2.39. The maximum atomic E-state index is 11.8. The molecular formula is C14H21NO4S2. The molecule has 0 saturated heterocycles. The number of rotatable bonds is 8. The summed E-state index contributed by atoms with van der Waals surface area (Å²) in [7, 11) is -3.02. The molecule has 0 fully saturated rings. The molecule has 1 aromatic rings. The fourth-order valence-electron chi connectivity index (χ4n) is 1.54. The van der Waals surface area contributed by atoms with Crippen molar-refractivity contribution in [2.24, 2.45) is 5.92 Å². The highest BCUT2D eigenvalue weighted by atomic mass is 32.2. The number of thioether (sulfide) groups is 1. The average molecular weight is 331 g/mol. The van der Waals surface area contributed by atoms with Crippen LogP contribution in [0.4, 0.5) is 5.69 Å². The molecule has 1 amide bonds. The molecule has 1 atom stereocenters. The molecule has 5 nitrogen and oxygen atoms in total. The van der Waals surface area contributed by atoms with Gasteiger partial charge >= 0.3 is 0 Å². The van der Waals surface area contributed by atoms with Crippen molar-refractivity contribution in [2.45, 2.75) is 6.92 Å². The van der Waals surface area contributed by atoms with Gasteiger partial charge in [0.1, 0.15) is 12.4 Å². The highest BCUT2D eigenvalue weighted by molar-refractivity contribution is 7.98. The smallest absolute Gasteiger partial charge is 0.228 e. The number of anilines is 1. The zero-order valence-corrected chi connectivity index (χ0v) is 14.1. The molecule has 0 aliphatic heterocycles. The van der Waals surface area contributed by atoms with Crippen molar-refractivity contribution in [3.63, 3.8) is 0 Å². The summed E-state index contributed by atoms with van der Waals surface area (Å²) in [6, 6.07) is 6.88. The molecule has 0 bridgehead atoms. The van der Waals surface area contributed by atoms with Gasteiger partial charge in [-0.15, -0.1) is 0 Å². The van der Waals surface area contributed by atoms with Crippen LogP contribution < -0.4 is 10.1 Å². The lowest BCUT2D eigenvalue weighted by molar-refractivity contribution is -0.118. The Hall–Kier alpha value is -1.21. The molecule has 1 aromatic carbocycles. The first kappa shape index (κ1) is 17.8. The van der Waals surface area contributed by atoms with Crippen LogP contribution in [0, 0.1) is 5.92 Å². The molecule has 0 aromatic heterocycles. The van der Waals surface area contributed by atoms with Crippen molar-refractivity contribution < 1.29 is 17.9 Å². The van der Waals surface area contributed by atoms with Gasteiger partial charge in [-0.2, -0.15) is 11.8 Å². The van der Waals surface area contributed by atoms with E-state index in [1.165, 1.54) is 6.26 Å². The van der Waals surface area contributed by atoms with E-state index >= 15 is 0 Å². The van der Waals surface area contributed by atoms with Gasteiger partial charge in [0, 0.05) is 23.6 Å². The van der Waals surface area contributed by atoms with Gasteiger partial charge in [-0.3, -0.25) is 4.79 Å². The van der Waals surface area contributed by atoms with Crippen LogP contribution in [-0.2, 0) is 14.6 Å². The molecule has 0 aliphatic carbocycles. The summed E-state index contributed by atoms with van der Waals surface area (Å²) in [6.07, 6.45) is 3.14. The number of hydrogen-bond acceptors (Lipinski definition) is 5. The minimum absolute atomic E-state index is 0.0162. The summed E-state index contributed by atoms with van der Waals surface area (Å²) < 4.78 is 27.3. The second-order valence-corrected chi connectivity index (χ2v) is 8.02. The zero-order chi connectivity index (χ0) is 15.9. The number of benzene rings is 1. The minimum atomic E-state index is -3.02. The second-order valence-electron chi connectivity index (χ2n) is 4.85. The molecule has 0 radical (unpaired) electrons. The van der Waals surface area contributed by atoms with Crippen LogP contribution in [0.2, 0.25) is 0 Å². The quantitative estimate of drug-likeness (QED) is 0.789. The Morgan fingerprint density at radius 3 is 2.48 bits per heavy atom. The fraction of sp³-hybridized carbons (Fsp3) is 0.500. The van der Waals surface area contributed by atoms with Crippen LogP contribution in [0.15, 0.2) is 24.3 Å². The minimum Gasteiger partial charge on any atom is -0.493 e. The molecule has 0 saturated carbocycles. The van der Waals surface area contributed by atoms with E-state index in [9.17, 15) is 13.2 Å². The van der Waals surface area contributed by atoms with Crippen molar-refractivity contribution in [1.29, 1.82) is 0 Å². The number of amides is 1. The number of ether oxygens (including phenoxy) is 1. The van der Waals surface area contributed by atoms with Crippen LogP contribution in [0.5, 0.6) is 5.75 Å². The van der Waals surface area contributed by atoms with Crippen molar-refractivity contribution >= 4 is 33.2 Å². The monoisotopic (exact) mass is 331 g/mol. The largest absolute Gasteiger partial charge is 0.493 e. The van der Waals surface area contributed by atoms with Gasteiger partial charge < -0.3 is 10.1 Å². The van der Waals surface area contributed by atoms with Crippen LogP contribution >= 0.6 is 11.8 Å². The molecule has 0 heterocycles. The molecule has 7 heteroatoms. The molecule has 0 aliphatic rings. The Kier molecular flexibility index (Phi) is 7.04. The number of nitrogens with one attached hydrogen (secondary N) is 1. The van der Waals surface area contributed by atoms with E-state index in [0.29, 0.717) is 11.4 Å². The number of carbonyl (C=O) groups is 1. The van der Waals surface area contributed by atoms with Crippen LogP contribution in [-0.4, -0.2) is 44.9 Å². The molecule has 0 spiro atoms. The maximum Gasteiger partial charge on any atom is 0.228 e. The predicted molar refractivity (Wildman–Crippen MR) is 87.8 cm³/mol. The van der Waals surface area contributed by atoms with Gasteiger partial charge in [0.25, 0.3) is 0 Å². The lowest BCUT2D eigenvalue weighted by Crippen LogP contribution is -2.21. The molecule has 1 N–H and O–H groups in total. The Morgan fingerprint density at radius 1 is 1.33 bits per heavy atom. The Balaban J connectivity index is 2.48. The summed E-state index contributed by atoms with van der Waals surface area (Å²) >= 11 is 1.63. The third-order valence-electron chi connectivity index (χ3n) is 2.71. The predicted octanol–water partition coefficient (Wildman–Crippen LogP) is 2.05. The summed E-state index contributed by atoms with van der Waals surface area (Å²) in [6.45, 7) is 2.00. The fourth-order valence-corrected chi connectivity index (χ4v) is 2.57. The van der Waals surface area contributed by atoms with Gasteiger partial charge in [0.05, 0.1) is 5.75 Å². The van der Waals surface area contributed by atoms with E-state index in [2.05, 4.69) is 5.32 Å². The van der Waals surface area contributed by atoms with Gasteiger partial charge in [0.15, 0.2) is 9.84 Å². The van der Waals surface area contributed by atoms with E-state index in [1.807, 2.05) is 13.2 Å². The highest BCUT2D eigenvalue weighted by Gasteiger charge is 2.12. The van der Waals surface area contributed by atoms with Crippen molar-refractivity contribution in [1.82, 2.24) is 0 Å². The molecule has 1 rings (SSSR count). The lowest BCUT2D eigenvalue weighted by Gasteiger charge is -2.11. The van der Waals surface area contributed by atoms with Crippen molar-refractivity contribution in [3.05, 3.63) is 24.3 Å². The third kappa shape index (κ3) is 7.38. The summed E-state index contributed by atoms with van der Waals surface area (Å²) in [4.78, 5) is 11.8. The molecule has 21 heavy (non-hydrogen) atoms. The first-order valence-corrected chi connectivity index (χ1v) is 9.97.